The summed E-state index contributed by atoms with van der Waals surface area (Å²) < 4.78 is 0. The van der Waals surface area contributed by atoms with Crippen molar-refractivity contribution in [3.63, 3.8) is 0 Å². The van der Waals surface area contributed by atoms with Crippen molar-refractivity contribution in [2.45, 2.75) is 19.3 Å². The van der Waals surface area contributed by atoms with E-state index in [1.54, 1.807) is 6.08 Å². The van der Waals surface area contributed by atoms with Crippen LogP contribution in [0.4, 0.5) is 0 Å². The summed E-state index contributed by atoms with van der Waals surface area (Å²) in [4.78, 5) is 13.5. The lowest BCUT2D eigenvalue weighted by molar-refractivity contribution is -0.125. The second kappa shape index (κ2) is 7.73. The third kappa shape index (κ3) is 4.15. The number of amides is 1. The van der Waals surface area contributed by atoms with Crippen LogP contribution >= 0.6 is 0 Å². The molecule has 0 spiro atoms. The van der Waals surface area contributed by atoms with Gasteiger partial charge in [-0.2, -0.15) is 0 Å². The van der Waals surface area contributed by atoms with E-state index in [9.17, 15) is 4.79 Å². The third-order valence-electron chi connectivity index (χ3n) is 5.00. The molecule has 6 N–H and O–H groups in total. The Hall–Kier alpha value is -1.17. The van der Waals surface area contributed by atoms with E-state index in [0.29, 0.717) is 0 Å². The summed E-state index contributed by atoms with van der Waals surface area (Å²) in [5.74, 6) is 3.42. The molecule has 1 amide bonds. The normalized spacial score (nSPS) is 34.1. The Kier molecular flexibility index (Phi) is 6.58. The van der Waals surface area contributed by atoms with Gasteiger partial charge >= 0.3 is 0 Å². The second-order valence-electron chi connectivity index (χ2n) is 6.21. The average molecular weight is 295 g/mol. The fourth-order valence-electron chi connectivity index (χ4n) is 3.95. The summed E-state index contributed by atoms with van der Waals surface area (Å²) in [6, 6.07) is 0. The molecule has 3 aliphatic carbocycles. The molecular weight excluding hydrogens is 268 g/mol. The number of hydrogen-bond donors (Lipinski definition) is 1. The molecule has 5 heteroatoms. The van der Waals surface area contributed by atoms with Crippen LogP contribution in [0.5, 0.6) is 0 Å². The largest absolute Gasteiger partial charge is 0.412 e. The number of carbonyl (C=O) groups excluding carboxylic acids is 1. The topological polar surface area (TPSA) is 109 Å². The predicted molar refractivity (Wildman–Crippen MR) is 83.3 cm³/mol. The Bertz CT molecular complexity index is 404. The highest BCUT2D eigenvalue weighted by atomic mass is 16.2. The molecule has 2 bridgehead atoms. The minimum Gasteiger partial charge on any atom is -0.412 e. The smallest absolute Gasteiger partial charge is 0.246 e. The highest BCUT2D eigenvalue weighted by Crippen LogP contribution is 2.51. The summed E-state index contributed by atoms with van der Waals surface area (Å²) in [6.45, 7) is 2.66. The van der Waals surface area contributed by atoms with Crippen molar-refractivity contribution in [1.82, 2.24) is 4.90 Å². The van der Waals surface area contributed by atoms with Crippen LogP contribution < -0.4 is 5.73 Å². The average Bonchev–Trinajstić information content (AvgIpc) is 3.07. The van der Waals surface area contributed by atoms with Gasteiger partial charge in [-0.15, -0.1) is 0 Å². The third-order valence-corrected chi connectivity index (χ3v) is 5.00. The molecule has 4 unspecified atom stereocenters. The van der Waals surface area contributed by atoms with Crippen LogP contribution in [0, 0.1) is 30.1 Å². The van der Waals surface area contributed by atoms with Crippen molar-refractivity contribution in [2.24, 2.45) is 29.4 Å². The van der Waals surface area contributed by atoms with Crippen LogP contribution in [0.1, 0.15) is 19.3 Å². The van der Waals surface area contributed by atoms with Gasteiger partial charge in [0.05, 0.1) is 0 Å². The number of fused-ring (bicyclic) bond motifs is 2. The minimum atomic E-state index is 0. The molecule has 2 fully saturated rings. The first kappa shape index (κ1) is 17.9. The number of hydrogen-bond acceptors (Lipinski definition) is 2. The predicted octanol–water partition coefficient (Wildman–Crippen LogP) is 0.117. The number of allylic oxidation sites excluding steroid dienone is 2. The molecule has 0 aromatic rings. The molecule has 0 aromatic carbocycles. The maximum atomic E-state index is 11.5. The van der Waals surface area contributed by atoms with Crippen molar-refractivity contribution < 1.29 is 15.7 Å². The summed E-state index contributed by atoms with van der Waals surface area (Å²) in [6.07, 6.45) is 13.6. The quantitative estimate of drug-likeness (QED) is 0.797. The molecule has 119 valence electrons. The molecule has 5 nitrogen and oxygen atoms in total. The van der Waals surface area contributed by atoms with Crippen molar-refractivity contribution in [1.29, 1.82) is 0 Å². The van der Waals surface area contributed by atoms with E-state index in [1.165, 1.54) is 19.3 Å². The van der Waals surface area contributed by atoms with Gasteiger partial charge in [-0.1, -0.05) is 18.2 Å². The van der Waals surface area contributed by atoms with Gasteiger partial charge in [-0.25, -0.2) is 0 Å². The fourth-order valence-corrected chi connectivity index (χ4v) is 3.95. The Balaban J connectivity index is 0.000000395. The highest BCUT2D eigenvalue weighted by Gasteiger charge is 2.45. The molecule has 1 aliphatic heterocycles. The van der Waals surface area contributed by atoms with E-state index in [4.69, 9.17) is 5.73 Å². The lowest BCUT2D eigenvalue weighted by Gasteiger charge is -2.30. The lowest BCUT2D eigenvalue weighted by Crippen LogP contribution is -2.35. The van der Waals surface area contributed by atoms with Gasteiger partial charge in [-0.05, 0) is 49.5 Å². The van der Waals surface area contributed by atoms with E-state index in [2.05, 4.69) is 0 Å². The summed E-state index contributed by atoms with van der Waals surface area (Å²) in [5.41, 5.74) is 5.78. The van der Waals surface area contributed by atoms with Gasteiger partial charge in [0.25, 0.3) is 0 Å². The Morgan fingerprint density at radius 2 is 1.71 bits per heavy atom. The van der Waals surface area contributed by atoms with Crippen LogP contribution in [0.2, 0.25) is 0 Å². The molecule has 4 aliphatic rings. The minimum absolute atomic E-state index is 0. The van der Waals surface area contributed by atoms with E-state index < -0.39 is 0 Å². The number of carbonyl (C=O) groups is 1. The van der Waals surface area contributed by atoms with Crippen molar-refractivity contribution in [3.8, 4) is 0 Å². The van der Waals surface area contributed by atoms with Crippen LogP contribution in [-0.4, -0.2) is 41.4 Å². The van der Waals surface area contributed by atoms with Gasteiger partial charge < -0.3 is 21.6 Å². The van der Waals surface area contributed by atoms with Crippen molar-refractivity contribution in [3.05, 3.63) is 30.7 Å². The zero-order chi connectivity index (χ0) is 13.2. The highest BCUT2D eigenvalue weighted by molar-refractivity contribution is 5.89. The second-order valence-corrected chi connectivity index (χ2v) is 6.21. The van der Waals surface area contributed by atoms with E-state index in [0.717, 1.165) is 43.3 Å². The van der Waals surface area contributed by atoms with Crippen LogP contribution in [0.3, 0.4) is 0 Å². The zero-order valence-corrected chi connectivity index (χ0v) is 12.4. The number of nitrogens with two attached hydrogens (primary N) is 1. The maximum absolute atomic E-state index is 11.5. The molecule has 4 atom stereocenters. The van der Waals surface area contributed by atoms with E-state index >= 15 is 0 Å². The first-order valence-corrected chi connectivity index (χ1v) is 7.43. The SMILES string of the molecule is NCC1CC2CC1CC2CN1CC=CC1=O.O.O.[CH]1C=C1. The van der Waals surface area contributed by atoms with Crippen LogP contribution in [0.15, 0.2) is 24.3 Å². The first-order valence-electron chi connectivity index (χ1n) is 7.43. The zero-order valence-electron chi connectivity index (χ0n) is 12.4. The molecule has 21 heavy (non-hydrogen) atoms. The molecule has 0 aromatic heterocycles. The van der Waals surface area contributed by atoms with Crippen LogP contribution in [0.25, 0.3) is 0 Å². The molecule has 2 saturated carbocycles. The Morgan fingerprint density at radius 1 is 1.10 bits per heavy atom. The number of rotatable bonds is 3. The molecule has 1 radical (unpaired) electrons. The van der Waals surface area contributed by atoms with E-state index in [-0.39, 0.29) is 16.9 Å². The summed E-state index contributed by atoms with van der Waals surface area (Å²) in [7, 11) is 0. The van der Waals surface area contributed by atoms with Gasteiger partial charge in [0.1, 0.15) is 0 Å². The van der Waals surface area contributed by atoms with Crippen molar-refractivity contribution in [2.75, 3.05) is 19.6 Å². The molecule has 0 saturated heterocycles. The molecule has 4 rings (SSSR count). The summed E-state index contributed by atoms with van der Waals surface area (Å²) >= 11 is 0. The van der Waals surface area contributed by atoms with Crippen molar-refractivity contribution >= 4 is 5.91 Å². The maximum Gasteiger partial charge on any atom is 0.246 e. The monoisotopic (exact) mass is 295 g/mol. The van der Waals surface area contributed by atoms with Gasteiger partial charge in [0.15, 0.2) is 0 Å². The standard InChI is InChI=1S/C13H20N2O.C3H3.2H2O/c14-7-11-5-10-4-9(11)6-12(10)8-15-3-1-2-13(15)16;1-2-3-1;;/h1-2,9-12H,3-8,14H2;1-3H;2*1H2. The van der Waals surface area contributed by atoms with Gasteiger partial charge in [-0.3, -0.25) is 4.79 Å². The van der Waals surface area contributed by atoms with Gasteiger partial charge in [0.2, 0.25) is 5.91 Å². The van der Waals surface area contributed by atoms with E-state index in [1.807, 2.05) is 29.5 Å². The Morgan fingerprint density at radius 3 is 2.14 bits per heavy atom. The molecule has 1 heterocycles. The Labute approximate surface area is 126 Å². The van der Waals surface area contributed by atoms with Gasteiger partial charge in [0, 0.05) is 25.6 Å². The summed E-state index contributed by atoms with van der Waals surface area (Å²) in [5, 5.41) is 0. The van der Waals surface area contributed by atoms with Crippen LogP contribution in [-0.2, 0) is 4.79 Å². The number of nitrogens with zero attached hydrogens (tertiary/aromatic N) is 1. The first-order chi connectivity index (χ1) is 9.28. The lowest BCUT2D eigenvalue weighted by atomic mass is 9.82. The molecular formula is C16H27N2O3. The fraction of sp³-hybridized carbons (Fsp3) is 0.625.